The van der Waals surface area contributed by atoms with Crippen LogP contribution in [0.2, 0.25) is 5.02 Å². The molecule has 4 atom stereocenters. The summed E-state index contributed by atoms with van der Waals surface area (Å²) in [6.45, 7) is -0.447. The predicted octanol–water partition coefficient (Wildman–Crippen LogP) is 3.13. The van der Waals surface area contributed by atoms with E-state index in [0.29, 0.717) is 29.8 Å². The first-order valence-corrected chi connectivity index (χ1v) is 18.2. The van der Waals surface area contributed by atoms with Crippen LogP contribution >= 0.6 is 11.6 Å². The Labute approximate surface area is 320 Å². The zero-order valence-corrected chi connectivity index (χ0v) is 30.9. The number of benzene rings is 4. The number of hydrogen-bond donors (Lipinski definition) is 6. The fraction of sp³-hybridized carbons (Fsp3) is 0.341. The van der Waals surface area contributed by atoms with E-state index in [4.69, 9.17) is 17.3 Å². The second kappa shape index (κ2) is 20.8. The van der Waals surface area contributed by atoms with Crippen molar-refractivity contribution in [2.75, 3.05) is 20.2 Å². The largest absolute Gasteiger partial charge is 0.508 e. The number of fused-ring (bicyclic) bond motifs is 1. The van der Waals surface area contributed by atoms with E-state index in [0.717, 1.165) is 21.9 Å². The quantitative estimate of drug-likeness (QED) is 0.0742. The maximum Gasteiger partial charge on any atom is 0.244 e. The number of unbranched alkanes of at least 4 members (excludes halogenated alkanes) is 1. The fourth-order valence-electron chi connectivity index (χ4n) is 6.02. The summed E-state index contributed by atoms with van der Waals surface area (Å²) < 4.78 is 0. The molecule has 0 aromatic heterocycles. The SMILES string of the molecule is CN(C(=O)CCc1ccc(Cl)cc1)[C@@H](Cc1ccc(O)cc1)C(=O)N[C@@H]([C]=O)CCCCNC(=O)[C@H](CO)NC(=O)[C@@H](N)Cc1cccc2ccccc12. The monoisotopic (exact) mass is 756 g/mol. The summed E-state index contributed by atoms with van der Waals surface area (Å²) in [6.07, 6.45) is 3.89. The number of aromatic hydroxyl groups is 1. The van der Waals surface area contributed by atoms with Crippen LogP contribution in [0.5, 0.6) is 5.75 Å². The Morgan fingerprint density at radius 3 is 2.22 bits per heavy atom. The summed E-state index contributed by atoms with van der Waals surface area (Å²) >= 11 is 5.97. The fourth-order valence-corrected chi connectivity index (χ4v) is 6.15. The molecule has 285 valence electrons. The lowest BCUT2D eigenvalue weighted by Crippen LogP contribution is -2.53. The molecule has 0 aliphatic heterocycles. The van der Waals surface area contributed by atoms with Crippen molar-refractivity contribution in [1.29, 1.82) is 0 Å². The topological polar surface area (TPSA) is 191 Å². The highest BCUT2D eigenvalue weighted by Gasteiger charge is 2.29. The molecule has 4 aromatic carbocycles. The summed E-state index contributed by atoms with van der Waals surface area (Å²) in [4.78, 5) is 65.6. The average molecular weight is 757 g/mol. The Morgan fingerprint density at radius 2 is 1.52 bits per heavy atom. The number of aliphatic hydroxyl groups excluding tert-OH is 1. The van der Waals surface area contributed by atoms with E-state index in [9.17, 15) is 34.2 Å². The first kappa shape index (κ1) is 41.5. The van der Waals surface area contributed by atoms with Crippen molar-refractivity contribution in [3.63, 3.8) is 0 Å². The van der Waals surface area contributed by atoms with E-state index >= 15 is 0 Å². The van der Waals surface area contributed by atoms with E-state index in [1.54, 1.807) is 24.3 Å². The molecule has 0 aliphatic rings. The van der Waals surface area contributed by atoms with E-state index < -0.39 is 48.5 Å². The van der Waals surface area contributed by atoms with Crippen molar-refractivity contribution in [3.05, 3.63) is 113 Å². The molecule has 0 heterocycles. The summed E-state index contributed by atoms with van der Waals surface area (Å²) in [5, 5.41) is 30.0. The molecule has 7 N–H and O–H groups in total. The minimum Gasteiger partial charge on any atom is -0.508 e. The van der Waals surface area contributed by atoms with E-state index in [1.165, 1.54) is 24.1 Å². The van der Waals surface area contributed by atoms with Gasteiger partial charge < -0.3 is 36.8 Å². The normalized spacial score (nSPS) is 13.3. The highest BCUT2D eigenvalue weighted by atomic mass is 35.5. The Hall–Kier alpha value is -5.30. The van der Waals surface area contributed by atoms with Crippen molar-refractivity contribution in [1.82, 2.24) is 20.9 Å². The number of aryl methyl sites for hydroxylation is 1. The Morgan fingerprint density at radius 1 is 0.833 bits per heavy atom. The number of halogens is 1. The standard InChI is InChI=1S/C41H47ClN5O7/c1-47(38(51)21-16-27-12-17-31(42)18-13-27)37(23-28-14-19-33(50)20-15-28)41(54)45-32(25-48)10-4-5-22-44-40(53)36(26-49)46-39(52)35(43)24-30-9-6-8-29-7-2-3-11-34(29)30/h2-3,6-9,11-15,17-20,32,35-37,49-50H,4-5,10,16,21-24,26,43H2,1H3,(H,44,53)(H,45,54)(H,46,52)/t32-,35+,36+,37+/m1/s1. The summed E-state index contributed by atoms with van der Waals surface area (Å²) in [6, 6.07) is 22.9. The zero-order valence-electron chi connectivity index (χ0n) is 30.2. The average Bonchev–Trinajstić information content (AvgIpc) is 3.18. The molecule has 4 aromatic rings. The molecule has 12 nitrogen and oxygen atoms in total. The van der Waals surface area contributed by atoms with Crippen molar-refractivity contribution in [2.45, 2.75) is 69.1 Å². The third kappa shape index (κ3) is 12.4. The molecule has 0 fully saturated rings. The van der Waals surface area contributed by atoms with Crippen molar-refractivity contribution < 1.29 is 34.2 Å². The van der Waals surface area contributed by atoms with Gasteiger partial charge in [0, 0.05) is 31.5 Å². The van der Waals surface area contributed by atoms with Crippen molar-refractivity contribution in [2.24, 2.45) is 5.73 Å². The number of hydrogen-bond acceptors (Lipinski definition) is 8. The van der Waals surface area contributed by atoms with Crippen LogP contribution in [0.1, 0.15) is 42.4 Å². The number of nitrogens with one attached hydrogen (secondary N) is 3. The number of phenolic OH excluding ortho intramolecular Hbond substituents is 1. The highest BCUT2D eigenvalue weighted by Crippen LogP contribution is 2.20. The zero-order chi connectivity index (χ0) is 39.0. The van der Waals surface area contributed by atoms with Gasteiger partial charge in [0.15, 0.2) is 0 Å². The second-order valence-electron chi connectivity index (χ2n) is 13.2. The van der Waals surface area contributed by atoms with Gasteiger partial charge in [-0.3, -0.25) is 24.0 Å². The van der Waals surface area contributed by atoms with Gasteiger partial charge in [-0.1, -0.05) is 78.3 Å². The lowest BCUT2D eigenvalue weighted by molar-refractivity contribution is -0.139. The Balaban J connectivity index is 1.24. The number of aliphatic hydroxyl groups is 1. The number of likely N-dealkylation sites (N-methyl/N-ethyl adjacent to an activating group) is 1. The number of nitrogens with zero attached hydrogens (tertiary/aromatic N) is 1. The van der Waals surface area contributed by atoms with Crippen LogP contribution in [0.3, 0.4) is 0 Å². The molecule has 0 bridgehead atoms. The van der Waals surface area contributed by atoms with Crippen LogP contribution in [-0.4, -0.2) is 89.4 Å². The summed E-state index contributed by atoms with van der Waals surface area (Å²) in [5.41, 5.74) is 8.69. The van der Waals surface area contributed by atoms with Crippen LogP contribution in [0, 0.1) is 0 Å². The molecule has 4 amide bonds. The van der Waals surface area contributed by atoms with Crippen molar-refractivity contribution >= 4 is 52.3 Å². The lowest BCUT2D eigenvalue weighted by Gasteiger charge is -2.28. The van der Waals surface area contributed by atoms with Gasteiger partial charge in [-0.2, -0.15) is 0 Å². The third-order valence-corrected chi connectivity index (χ3v) is 9.47. The van der Waals surface area contributed by atoms with E-state index in [-0.39, 0.29) is 43.9 Å². The van der Waals surface area contributed by atoms with Gasteiger partial charge in [0.2, 0.25) is 29.9 Å². The molecule has 0 saturated carbocycles. The molecule has 0 unspecified atom stereocenters. The Bertz CT molecular complexity index is 1870. The third-order valence-electron chi connectivity index (χ3n) is 9.22. The minimum absolute atomic E-state index is 0.0625. The van der Waals surface area contributed by atoms with Gasteiger partial charge >= 0.3 is 0 Å². The number of phenols is 1. The maximum atomic E-state index is 13.6. The predicted molar refractivity (Wildman–Crippen MR) is 207 cm³/mol. The molecule has 1 radical (unpaired) electrons. The highest BCUT2D eigenvalue weighted by molar-refractivity contribution is 6.30. The van der Waals surface area contributed by atoms with Gasteiger partial charge in [0.1, 0.15) is 17.8 Å². The molecular weight excluding hydrogens is 710 g/mol. The van der Waals surface area contributed by atoms with Gasteiger partial charge in [0.25, 0.3) is 0 Å². The number of carbonyl (C=O) groups excluding carboxylic acids is 5. The minimum atomic E-state index is -1.21. The molecule has 54 heavy (non-hydrogen) atoms. The number of rotatable bonds is 20. The smallest absolute Gasteiger partial charge is 0.244 e. The first-order valence-electron chi connectivity index (χ1n) is 17.9. The van der Waals surface area contributed by atoms with E-state index in [2.05, 4.69) is 16.0 Å². The first-order chi connectivity index (χ1) is 26.0. The number of amides is 4. The Kier molecular flexibility index (Phi) is 16.0. The molecular formula is C41H47ClN5O7. The molecule has 13 heteroatoms. The van der Waals surface area contributed by atoms with Crippen LogP contribution in [0.15, 0.2) is 91.0 Å². The molecule has 0 saturated heterocycles. The number of nitrogens with two attached hydrogens (primary N) is 1. The second-order valence-corrected chi connectivity index (χ2v) is 13.6. The van der Waals surface area contributed by atoms with Crippen LogP contribution in [0.4, 0.5) is 0 Å². The van der Waals surface area contributed by atoms with Gasteiger partial charge in [-0.05, 0) is 83.8 Å². The maximum absolute atomic E-state index is 13.6. The van der Waals surface area contributed by atoms with Gasteiger partial charge in [-0.15, -0.1) is 0 Å². The molecule has 4 rings (SSSR count). The van der Waals surface area contributed by atoms with Gasteiger partial charge in [0.05, 0.1) is 18.7 Å². The molecule has 0 aliphatic carbocycles. The van der Waals surface area contributed by atoms with Crippen LogP contribution < -0.4 is 21.7 Å². The van der Waals surface area contributed by atoms with Crippen LogP contribution in [0.25, 0.3) is 10.8 Å². The lowest BCUT2D eigenvalue weighted by atomic mass is 9.98. The number of carbonyl (C=O) groups is 4. The van der Waals surface area contributed by atoms with Gasteiger partial charge in [-0.25, -0.2) is 0 Å². The van der Waals surface area contributed by atoms with Crippen LogP contribution in [-0.2, 0) is 43.2 Å². The van der Waals surface area contributed by atoms with Crippen molar-refractivity contribution in [3.8, 4) is 5.75 Å². The summed E-state index contributed by atoms with van der Waals surface area (Å²) in [5.74, 6) is -1.90. The summed E-state index contributed by atoms with van der Waals surface area (Å²) in [7, 11) is 1.54. The van der Waals surface area contributed by atoms with E-state index in [1.807, 2.05) is 60.9 Å². The molecule has 0 spiro atoms.